The van der Waals surface area contributed by atoms with Gasteiger partial charge in [-0.25, -0.2) is 13.6 Å². The van der Waals surface area contributed by atoms with Crippen molar-refractivity contribution < 1.29 is 13.6 Å². The van der Waals surface area contributed by atoms with Crippen molar-refractivity contribution in [3.63, 3.8) is 0 Å². The number of rotatable bonds is 3. The highest BCUT2D eigenvalue weighted by Crippen LogP contribution is 2.21. The van der Waals surface area contributed by atoms with Crippen molar-refractivity contribution >= 4 is 6.03 Å². The predicted octanol–water partition coefficient (Wildman–Crippen LogP) is 1.95. The van der Waals surface area contributed by atoms with Crippen LogP contribution in [0.4, 0.5) is 13.6 Å². The molecule has 21 heavy (non-hydrogen) atoms. The molecule has 1 aromatic rings. The number of urea groups is 1. The highest BCUT2D eigenvalue weighted by molar-refractivity contribution is 5.77. The summed E-state index contributed by atoms with van der Waals surface area (Å²) in [4.78, 5) is 16.0. The molecule has 114 valence electrons. The van der Waals surface area contributed by atoms with E-state index in [0.717, 1.165) is 32.0 Å². The number of hydrogen-bond donors (Lipinski definition) is 1. The quantitative estimate of drug-likeness (QED) is 0.925. The van der Waals surface area contributed by atoms with Crippen LogP contribution in [-0.2, 0) is 6.54 Å². The van der Waals surface area contributed by atoms with E-state index in [1.165, 1.54) is 12.1 Å². The summed E-state index contributed by atoms with van der Waals surface area (Å²) in [6.07, 6.45) is 1.93. The minimum Gasteiger partial charge on any atom is -0.320 e. The Morgan fingerprint density at radius 2 is 1.95 bits per heavy atom. The van der Waals surface area contributed by atoms with Gasteiger partial charge in [0.1, 0.15) is 11.6 Å². The zero-order valence-corrected chi connectivity index (χ0v) is 11.8. The molecule has 0 atom stereocenters. The summed E-state index contributed by atoms with van der Waals surface area (Å²) < 4.78 is 26.6. The van der Waals surface area contributed by atoms with E-state index in [-0.39, 0.29) is 18.6 Å². The molecule has 2 aliphatic rings. The first kappa shape index (κ1) is 14.3. The molecule has 2 amide bonds. The number of amides is 2. The molecule has 1 N–H and O–H groups in total. The lowest BCUT2D eigenvalue weighted by molar-refractivity contribution is 0.164. The number of hydrogen-bond acceptors (Lipinski definition) is 2. The SMILES string of the molecule is O=C1N(Cc2ccc(F)cc2F)CCN1C1CCNCC1. The maximum atomic E-state index is 13.7. The van der Waals surface area contributed by atoms with E-state index in [1.54, 1.807) is 4.90 Å². The molecule has 0 spiro atoms. The van der Waals surface area contributed by atoms with Crippen LogP contribution in [-0.4, -0.2) is 48.1 Å². The minimum absolute atomic E-state index is 0.0365. The number of nitrogens with one attached hydrogen (secondary N) is 1. The maximum absolute atomic E-state index is 13.7. The molecular formula is C15H19F2N3O. The Kier molecular flexibility index (Phi) is 4.05. The van der Waals surface area contributed by atoms with Gasteiger partial charge < -0.3 is 15.1 Å². The second kappa shape index (κ2) is 5.97. The molecule has 2 heterocycles. The van der Waals surface area contributed by atoms with Crippen LogP contribution in [0.5, 0.6) is 0 Å². The molecule has 2 fully saturated rings. The van der Waals surface area contributed by atoms with Crippen LogP contribution in [0.15, 0.2) is 18.2 Å². The zero-order valence-electron chi connectivity index (χ0n) is 11.8. The summed E-state index contributed by atoms with van der Waals surface area (Å²) in [5.74, 6) is -1.19. The Hall–Kier alpha value is -1.69. The summed E-state index contributed by atoms with van der Waals surface area (Å²) in [6, 6.07) is 3.74. The van der Waals surface area contributed by atoms with E-state index in [4.69, 9.17) is 0 Å². The van der Waals surface area contributed by atoms with Gasteiger partial charge in [0.15, 0.2) is 0 Å². The average molecular weight is 295 g/mol. The van der Waals surface area contributed by atoms with E-state index < -0.39 is 11.6 Å². The van der Waals surface area contributed by atoms with Gasteiger partial charge in [-0.05, 0) is 32.0 Å². The van der Waals surface area contributed by atoms with Gasteiger partial charge in [-0.15, -0.1) is 0 Å². The molecule has 0 aliphatic carbocycles. The number of carbonyl (C=O) groups is 1. The van der Waals surface area contributed by atoms with Gasteiger partial charge in [0.25, 0.3) is 0 Å². The van der Waals surface area contributed by atoms with Gasteiger partial charge in [-0.2, -0.15) is 0 Å². The van der Waals surface area contributed by atoms with Gasteiger partial charge in [0.2, 0.25) is 0 Å². The molecule has 0 saturated carbocycles. The lowest BCUT2D eigenvalue weighted by Crippen LogP contribution is -2.45. The summed E-state index contributed by atoms with van der Waals surface area (Å²) in [6.45, 7) is 3.35. The largest absolute Gasteiger partial charge is 0.320 e. The summed E-state index contributed by atoms with van der Waals surface area (Å²) in [7, 11) is 0. The zero-order chi connectivity index (χ0) is 14.8. The standard InChI is InChI=1S/C15H19F2N3O/c16-12-2-1-11(14(17)9-12)10-19-7-8-20(15(19)21)13-3-5-18-6-4-13/h1-2,9,13,18H,3-8,10H2. The molecular weight excluding hydrogens is 276 g/mol. The van der Waals surface area contributed by atoms with Crippen LogP contribution < -0.4 is 5.32 Å². The Balaban J connectivity index is 1.66. The third kappa shape index (κ3) is 3.00. The van der Waals surface area contributed by atoms with Gasteiger partial charge in [-0.1, -0.05) is 6.07 Å². The van der Waals surface area contributed by atoms with Crippen molar-refractivity contribution in [1.82, 2.24) is 15.1 Å². The third-order valence-corrected chi connectivity index (χ3v) is 4.25. The van der Waals surface area contributed by atoms with Crippen LogP contribution in [0, 0.1) is 11.6 Å². The topological polar surface area (TPSA) is 35.6 Å². The smallest absolute Gasteiger partial charge is 0.320 e. The lowest BCUT2D eigenvalue weighted by Gasteiger charge is -2.31. The second-order valence-electron chi connectivity index (χ2n) is 5.61. The van der Waals surface area contributed by atoms with E-state index in [0.29, 0.717) is 18.7 Å². The van der Waals surface area contributed by atoms with Crippen molar-refractivity contribution in [2.24, 2.45) is 0 Å². The second-order valence-corrected chi connectivity index (χ2v) is 5.61. The number of halogens is 2. The normalized spacial score (nSPS) is 20.4. The predicted molar refractivity (Wildman–Crippen MR) is 74.8 cm³/mol. The van der Waals surface area contributed by atoms with E-state index in [1.807, 2.05) is 4.90 Å². The molecule has 0 radical (unpaired) electrons. The van der Waals surface area contributed by atoms with Crippen molar-refractivity contribution in [1.29, 1.82) is 0 Å². The molecule has 4 nitrogen and oxygen atoms in total. The van der Waals surface area contributed by atoms with Crippen LogP contribution in [0.25, 0.3) is 0 Å². The number of carbonyl (C=O) groups excluding carboxylic acids is 1. The van der Waals surface area contributed by atoms with E-state index in [2.05, 4.69) is 5.32 Å². The first-order valence-electron chi connectivity index (χ1n) is 7.35. The van der Waals surface area contributed by atoms with Gasteiger partial charge >= 0.3 is 6.03 Å². The Bertz CT molecular complexity index is 532. The third-order valence-electron chi connectivity index (χ3n) is 4.25. The molecule has 0 bridgehead atoms. The highest BCUT2D eigenvalue weighted by Gasteiger charge is 2.34. The molecule has 0 unspecified atom stereocenters. The van der Waals surface area contributed by atoms with Crippen molar-refractivity contribution in [3.8, 4) is 0 Å². The fourth-order valence-corrected chi connectivity index (χ4v) is 3.06. The number of nitrogens with zero attached hydrogens (tertiary/aromatic N) is 2. The minimum atomic E-state index is -0.597. The molecule has 1 aromatic carbocycles. The van der Waals surface area contributed by atoms with Crippen molar-refractivity contribution in [2.45, 2.75) is 25.4 Å². The summed E-state index contributed by atoms with van der Waals surface area (Å²) >= 11 is 0. The van der Waals surface area contributed by atoms with Gasteiger partial charge in [0.05, 0.1) is 6.54 Å². The fourth-order valence-electron chi connectivity index (χ4n) is 3.06. The van der Waals surface area contributed by atoms with Crippen molar-refractivity contribution in [3.05, 3.63) is 35.4 Å². The Morgan fingerprint density at radius 3 is 2.67 bits per heavy atom. The van der Waals surface area contributed by atoms with Crippen LogP contribution in [0.3, 0.4) is 0 Å². The highest BCUT2D eigenvalue weighted by atomic mass is 19.1. The molecule has 6 heteroatoms. The Morgan fingerprint density at radius 1 is 1.19 bits per heavy atom. The molecule has 2 saturated heterocycles. The summed E-state index contributed by atoms with van der Waals surface area (Å²) in [5.41, 5.74) is 0.358. The van der Waals surface area contributed by atoms with Crippen LogP contribution in [0.1, 0.15) is 18.4 Å². The molecule has 3 rings (SSSR count). The summed E-state index contributed by atoms with van der Waals surface area (Å²) in [5, 5.41) is 3.28. The molecule has 2 aliphatic heterocycles. The van der Waals surface area contributed by atoms with Crippen LogP contribution in [0.2, 0.25) is 0 Å². The number of benzene rings is 1. The van der Waals surface area contributed by atoms with E-state index >= 15 is 0 Å². The average Bonchev–Trinajstić information content (AvgIpc) is 2.84. The lowest BCUT2D eigenvalue weighted by atomic mass is 10.1. The number of piperidine rings is 1. The maximum Gasteiger partial charge on any atom is 0.320 e. The van der Waals surface area contributed by atoms with Gasteiger partial charge in [-0.3, -0.25) is 0 Å². The van der Waals surface area contributed by atoms with Gasteiger partial charge in [0, 0.05) is 30.8 Å². The van der Waals surface area contributed by atoms with Crippen molar-refractivity contribution in [2.75, 3.05) is 26.2 Å². The Labute approximate surface area is 122 Å². The first-order valence-corrected chi connectivity index (χ1v) is 7.35. The monoisotopic (exact) mass is 295 g/mol. The first-order chi connectivity index (χ1) is 10.1. The molecule has 0 aromatic heterocycles. The van der Waals surface area contributed by atoms with E-state index in [9.17, 15) is 13.6 Å². The van der Waals surface area contributed by atoms with Crippen LogP contribution >= 0.6 is 0 Å². The fraction of sp³-hybridized carbons (Fsp3) is 0.533.